The van der Waals surface area contributed by atoms with E-state index in [-0.39, 0.29) is 0 Å². The van der Waals surface area contributed by atoms with Crippen molar-refractivity contribution < 1.29 is 4.73 Å². The summed E-state index contributed by atoms with van der Waals surface area (Å²) in [5, 5.41) is 17.1. The first-order chi connectivity index (χ1) is 8.66. The highest BCUT2D eigenvalue weighted by molar-refractivity contribution is 5.84. The Morgan fingerprint density at radius 1 is 1.17 bits per heavy atom. The number of nitrogens with zero attached hydrogens (tertiary/aromatic N) is 3. The second-order valence-electron chi connectivity index (χ2n) is 4.38. The molecule has 0 atom stereocenters. The zero-order valence-corrected chi connectivity index (χ0v) is 10.3. The van der Waals surface area contributed by atoms with Gasteiger partial charge in [-0.3, -0.25) is 0 Å². The molecule has 0 aliphatic rings. The molecule has 0 aliphatic carbocycles. The zero-order chi connectivity index (χ0) is 12.7. The third kappa shape index (κ3) is 1.54. The van der Waals surface area contributed by atoms with Crippen molar-refractivity contribution in [1.82, 2.24) is 9.78 Å². The van der Waals surface area contributed by atoms with Gasteiger partial charge < -0.3 is 5.21 Å². The van der Waals surface area contributed by atoms with Crippen molar-refractivity contribution in [3.05, 3.63) is 59.2 Å². The molecular formula is C14H13N3O. The van der Waals surface area contributed by atoms with E-state index in [1.807, 2.05) is 48.9 Å². The van der Waals surface area contributed by atoms with E-state index in [2.05, 4.69) is 5.10 Å². The fraction of sp³-hybridized carbons (Fsp3) is 0.143. The number of aromatic nitrogens is 3. The van der Waals surface area contributed by atoms with Crippen molar-refractivity contribution >= 4 is 10.9 Å². The minimum absolute atomic E-state index is 0.655. The third-order valence-electron chi connectivity index (χ3n) is 3.02. The minimum atomic E-state index is 0.655. The molecule has 3 rings (SSSR count). The second kappa shape index (κ2) is 3.84. The maximum absolute atomic E-state index is 11.7. The summed E-state index contributed by atoms with van der Waals surface area (Å²) in [5.74, 6) is 0. The summed E-state index contributed by atoms with van der Waals surface area (Å²) in [4.78, 5) is 0. The summed E-state index contributed by atoms with van der Waals surface area (Å²) < 4.78 is 2.75. The molecule has 4 nitrogen and oxygen atoms in total. The SMILES string of the molecule is Cc1cc(C)n(-c2cccc3c2ccc[n+]3[O-])n1. The molecule has 0 unspecified atom stereocenters. The summed E-state index contributed by atoms with van der Waals surface area (Å²) in [6.45, 7) is 3.97. The van der Waals surface area contributed by atoms with Crippen LogP contribution in [0.3, 0.4) is 0 Å². The lowest BCUT2D eigenvalue weighted by molar-refractivity contribution is -0.577. The number of hydrogen-bond donors (Lipinski definition) is 0. The van der Waals surface area contributed by atoms with Gasteiger partial charge in [-0.2, -0.15) is 9.83 Å². The van der Waals surface area contributed by atoms with Crippen LogP contribution in [0, 0.1) is 19.1 Å². The van der Waals surface area contributed by atoms with Gasteiger partial charge in [0.05, 0.1) is 16.8 Å². The van der Waals surface area contributed by atoms with Gasteiger partial charge in [0.2, 0.25) is 5.52 Å². The summed E-state index contributed by atoms with van der Waals surface area (Å²) in [7, 11) is 0. The molecule has 0 fully saturated rings. The fourth-order valence-electron chi connectivity index (χ4n) is 2.26. The average molecular weight is 239 g/mol. The van der Waals surface area contributed by atoms with Crippen LogP contribution in [0.15, 0.2) is 42.6 Å². The number of benzene rings is 1. The standard InChI is InChI=1S/C14H13N3O/c1-10-9-11(2)17(15-10)14-7-3-6-13-12(14)5-4-8-16(13)18/h3-9H,1-2H3. The van der Waals surface area contributed by atoms with E-state index < -0.39 is 0 Å². The van der Waals surface area contributed by atoms with Crippen molar-refractivity contribution in [2.75, 3.05) is 0 Å². The lowest BCUT2D eigenvalue weighted by atomic mass is 10.2. The van der Waals surface area contributed by atoms with E-state index >= 15 is 0 Å². The lowest BCUT2D eigenvalue weighted by Gasteiger charge is -2.08. The van der Waals surface area contributed by atoms with Crippen LogP contribution in [0.1, 0.15) is 11.4 Å². The molecule has 1 aromatic carbocycles. The van der Waals surface area contributed by atoms with Gasteiger partial charge in [0, 0.05) is 17.8 Å². The van der Waals surface area contributed by atoms with Gasteiger partial charge in [-0.1, -0.05) is 6.07 Å². The number of pyridine rings is 1. The van der Waals surface area contributed by atoms with E-state index in [1.165, 1.54) is 6.20 Å². The van der Waals surface area contributed by atoms with Crippen molar-refractivity contribution in [2.45, 2.75) is 13.8 Å². The molecule has 0 bridgehead atoms. The Balaban J connectivity index is 2.36. The molecule has 0 N–H and O–H groups in total. The number of hydrogen-bond acceptors (Lipinski definition) is 2. The zero-order valence-electron chi connectivity index (χ0n) is 10.3. The Morgan fingerprint density at radius 2 is 2.00 bits per heavy atom. The first-order valence-corrected chi connectivity index (χ1v) is 5.81. The van der Waals surface area contributed by atoms with Crippen LogP contribution in [0.2, 0.25) is 0 Å². The van der Waals surface area contributed by atoms with Crippen molar-refractivity contribution in [2.24, 2.45) is 0 Å². The highest BCUT2D eigenvalue weighted by Crippen LogP contribution is 2.20. The van der Waals surface area contributed by atoms with Crippen molar-refractivity contribution in [3.63, 3.8) is 0 Å². The van der Waals surface area contributed by atoms with Crippen LogP contribution in [0.25, 0.3) is 16.6 Å². The first-order valence-electron chi connectivity index (χ1n) is 5.81. The van der Waals surface area contributed by atoms with Crippen LogP contribution >= 0.6 is 0 Å². The maximum Gasteiger partial charge on any atom is 0.225 e. The molecule has 0 radical (unpaired) electrons. The summed E-state index contributed by atoms with van der Waals surface area (Å²) in [5.41, 5.74) is 3.61. The van der Waals surface area contributed by atoms with Crippen LogP contribution in [0.5, 0.6) is 0 Å². The van der Waals surface area contributed by atoms with E-state index in [0.29, 0.717) is 5.52 Å². The van der Waals surface area contributed by atoms with Gasteiger partial charge in [0.15, 0.2) is 6.20 Å². The topological polar surface area (TPSA) is 44.8 Å². The Kier molecular flexibility index (Phi) is 2.30. The molecule has 4 heteroatoms. The molecule has 2 heterocycles. The number of aryl methyl sites for hydroxylation is 2. The van der Waals surface area contributed by atoms with Crippen LogP contribution in [-0.2, 0) is 0 Å². The molecule has 0 saturated carbocycles. The predicted molar refractivity (Wildman–Crippen MR) is 69.5 cm³/mol. The first kappa shape index (κ1) is 10.8. The van der Waals surface area contributed by atoms with Crippen LogP contribution < -0.4 is 4.73 Å². The molecule has 18 heavy (non-hydrogen) atoms. The molecule has 2 aromatic heterocycles. The molecule has 0 spiro atoms. The van der Waals surface area contributed by atoms with E-state index in [0.717, 1.165) is 27.2 Å². The van der Waals surface area contributed by atoms with E-state index in [1.54, 1.807) is 6.07 Å². The van der Waals surface area contributed by atoms with Gasteiger partial charge in [-0.05, 0) is 32.0 Å². The summed E-state index contributed by atoms with van der Waals surface area (Å²) >= 11 is 0. The molecule has 3 aromatic rings. The number of rotatable bonds is 1. The molecule has 90 valence electrons. The molecule has 0 amide bonds. The van der Waals surface area contributed by atoms with Gasteiger partial charge in [-0.25, -0.2) is 4.68 Å². The second-order valence-corrected chi connectivity index (χ2v) is 4.38. The van der Waals surface area contributed by atoms with E-state index in [4.69, 9.17) is 0 Å². The Morgan fingerprint density at radius 3 is 2.72 bits per heavy atom. The van der Waals surface area contributed by atoms with Gasteiger partial charge in [0.1, 0.15) is 0 Å². The van der Waals surface area contributed by atoms with E-state index in [9.17, 15) is 5.21 Å². The molecule has 0 saturated heterocycles. The highest BCUT2D eigenvalue weighted by atomic mass is 16.5. The van der Waals surface area contributed by atoms with Crippen molar-refractivity contribution in [1.29, 1.82) is 0 Å². The Bertz CT molecular complexity index is 731. The summed E-state index contributed by atoms with van der Waals surface area (Å²) in [6, 6.07) is 11.4. The van der Waals surface area contributed by atoms with Crippen molar-refractivity contribution in [3.8, 4) is 5.69 Å². The summed E-state index contributed by atoms with van der Waals surface area (Å²) in [6.07, 6.45) is 1.51. The van der Waals surface area contributed by atoms with Crippen LogP contribution in [0.4, 0.5) is 0 Å². The van der Waals surface area contributed by atoms with Gasteiger partial charge in [-0.15, -0.1) is 0 Å². The smallest absolute Gasteiger partial charge is 0.225 e. The average Bonchev–Trinajstić information content (AvgIpc) is 2.68. The Hall–Kier alpha value is -2.36. The maximum atomic E-state index is 11.7. The molecule has 0 aliphatic heterocycles. The molecular weight excluding hydrogens is 226 g/mol. The van der Waals surface area contributed by atoms with Gasteiger partial charge >= 0.3 is 0 Å². The number of fused-ring (bicyclic) bond motifs is 1. The quantitative estimate of drug-likeness (QED) is 0.483. The third-order valence-corrected chi connectivity index (χ3v) is 3.02. The lowest BCUT2D eigenvalue weighted by Crippen LogP contribution is -2.26. The van der Waals surface area contributed by atoms with Crippen LogP contribution in [-0.4, -0.2) is 9.78 Å². The monoisotopic (exact) mass is 239 g/mol. The highest BCUT2D eigenvalue weighted by Gasteiger charge is 2.11. The predicted octanol–water partition coefficient (Wildman–Crippen LogP) is 2.28. The fourth-order valence-corrected chi connectivity index (χ4v) is 2.26. The normalized spacial score (nSPS) is 11.0. The minimum Gasteiger partial charge on any atom is -0.618 e. The largest absolute Gasteiger partial charge is 0.618 e. The Labute approximate surface area is 105 Å². The van der Waals surface area contributed by atoms with Gasteiger partial charge in [0.25, 0.3) is 0 Å².